The van der Waals surface area contributed by atoms with Gasteiger partial charge in [0.15, 0.2) is 0 Å². The number of piperidine rings is 4. The van der Waals surface area contributed by atoms with Gasteiger partial charge in [-0.25, -0.2) is 29.0 Å². The maximum Gasteiger partial charge on any atom is 1.00 e. The molecule has 0 atom stereocenters. The Morgan fingerprint density at radius 2 is 0.942 bits per heavy atom. The van der Waals surface area contributed by atoms with Gasteiger partial charge in [0.25, 0.3) is 0 Å². The van der Waals surface area contributed by atoms with Crippen molar-refractivity contribution in [3.8, 4) is 0 Å². The number of hydrogen-bond donors (Lipinski definition) is 9. The molecule has 0 spiro atoms. The van der Waals surface area contributed by atoms with E-state index in [4.69, 9.17) is 35.6 Å². The normalized spacial score (nSPS) is 15.5. The van der Waals surface area contributed by atoms with Gasteiger partial charge in [0.1, 0.15) is 22.8 Å². The molecule has 0 aromatic heterocycles. The van der Waals surface area contributed by atoms with Crippen LogP contribution in [0, 0.1) is 0 Å². The summed E-state index contributed by atoms with van der Waals surface area (Å²) in [5.74, 6) is -1.12. The van der Waals surface area contributed by atoms with Crippen molar-refractivity contribution in [3.63, 3.8) is 0 Å². The molecule has 23 nitrogen and oxygen atoms in total. The monoisotopic (exact) mass is 1010 g/mol. The average molecular weight is 1010 g/mol. The molecule has 3 radical (unpaired) electrons. The SMILES string of the molecule is C.CC(=O)OOC(C)=O.CC(C)(C)OC(=O)N1CCC(=O)CC1.CC(C)(C)OC(=O)N1CCC(NCCO)CC1.CO.NCCO.O=C1CCNCC1.OCCNC1CCNCC1.[B-]OC(C)=O.[Na+]. The summed E-state index contributed by atoms with van der Waals surface area (Å²) >= 11 is 0. The van der Waals surface area contributed by atoms with Gasteiger partial charge in [-0.15, -0.1) is 0 Å². The summed E-state index contributed by atoms with van der Waals surface area (Å²) in [4.78, 5) is 84.8. The molecule has 4 aliphatic rings. The van der Waals surface area contributed by atoms with Crippen LogP contribution in [0.1, 0.15) is 121 Å². The standard InChI is InChI=1S/C12H24N2O3.C10H17NO3.C7H16N2O.C5H9NO.C4H6O4.C2H3BO2.C2H7NO.CH4O.CH4.Na/c1-12(2,3)17-11(16)14-7-4-10(5-8-14)13-6-9-15;1-10(2,3)14-9(13)11-6-4-8(12)5-7-11;10-6-5-9-7-1-3-8-4-2-7;7-5-1-3-6-4-2-5;1-3(5)7-8-4(2)6;1-2(4)5-3;3-1-2-4;1-2;;/h10,13,15H,4-9H2,1-3H3;4-7H2,1-3H3;7-10H,1-6H2;6H,1-4H2;1-2H3;1H3;4H,1-3H2;2H,1H3;1H4;/q;;;;;-1;;;;+1. The van der Waals surface area contributed by atoms with Gasteiger partial charge < -0.3 is 79.4 Å². The number of Topliss-reactive ketones (excluding diaryl/α,β-unsaturated/α-hetero) is 2. The van der Waals surface area contributed by atoms with Crippen LogP contribution in [-0.2, 0) is 47.9 Å². The number of ketones is 2. The van der Waals surface area contributed by atoms with Crippen LogP contribution in [0.15, 0.2) is 0 Å². The van der Waals surface area contributed by atoms with E-state index in [0.717, 1.165) is 92.5 Å². The summed E-state index contributed by atoms with van der Waals surface area (Å²) in [6.07, 6.45) is 6.07. The third-order valence-electron chi connectivity index (χ3n) is 8.28. The van der Waals surface area contributed by atoms with Gasteiger partial charge in [0.05, 0.1) is 19.8 Å². The van der Waals surface area contributed by atoms with Crippen molar-refractivity contribution in [1.82, 2.24) is 31.1 Å². The first-order chi connectivity index (χ1) is 31.4. The molecule has 0 aromatic carbocycles. The number of aliphatic hydroxyl groups is 4. The second kappa shape index (κ2) is 50.0. The van der Waals surface area contributed by atoms with E-state index >= 15 is 0 Å². The van der Waals surface area contributed by atoms with Crippen LogP contribution in [0.5, 0.6) is 0 Å². The Morgan fingerprint density at radius 3 is 1.22 bits per heavy atom. The van der Waals surface area contributed by atoms with Crippen molar-refractivity contribution in [2.24, 2.45) is 5.73 Å². The molecule has 69 heavy (non-hydrogen) atoms. The number of nitrogens with two attached hydrogens (primary N) is 1. The second-order valence-corrected chi connectivity index (χ2v) is 16.7. The molecule has 4 saturated heterocycles. The molecule has 2 amide bonds. The van der Waals surface area contributed by atoms with Gasteiger partial charge >= 0.3 is 53.7 Å². The molecule has 4 fully saturated rings. The zero-order valence-corrected chi connectivity index (χ0v) is 44.9. The summed E-state index contributed by atoms with van der Waals surface area (Å²) in [5.41, 5.74) is 3.89. The molecule has 4 aliphatic heterocycles. The van der Waals surface area contributed by atoms with Crippen LogP contribution in [0.25, 0.3) is 0 Å². The predicted octanol–water partition coefficient (Wildman–Crippen LogP) is -2.34. The topological polar surface area (TPSA) is 327 Å². The smallest absolute Gasteiger partial charge is 0.793 e. The van der Waals surface area contributed by atoms with Crippen LogP contribution in [0.2, 0.25) is 0 Å². The number of likely N-dealkylation sites (tertiary alicyclic amines) is 2. The fraction of sp³-hybridized carbons (Fsp3) is 0.841. The van der Waals surface area contributed by atoms with Crippen molar-refractivity contribution < 1.29 is 107 Å². The van der Waals surface area contributed by atoms with E-state index in [0.29, 0.717) is 56.9 Å². The van der Waals surface area contributed by atoms with Crippen molar-refractivity contribution in [2.45, 2.75) is 144 Å². The Balaban J connectivity index is -0.000000174. The maximum atomic E-state index is 11.8. The van der Waals surface area contributed by atoms with Gasteiger partial charge in [-0.2, -0.15) is 0 Å². The Labute approximate surface area is 435 Å². The molecular formula is C44H90BN7NaO16. The first kappa shape index (κ1) is 77.5. The van der Waals surface area contributed by atoms with E-state index in [1.165, 1.54) is 19.8 Å². The van der Waals surface area contributed by atoms with Crippen LogP contribution >= 0.6 is 0 Å². The fourth-order valence-electron chi connectivity index (χ4n) is 5.24. The Morgan fingerprint density at radius 1 is 0.623 bits per heavy atom. The number of ether oxygens (including phenoxy) is 2. The van der Waals surface area contributed by atoms with E-state index in [-0.39, 0.29) is 74.8 Å². The third-order valence-corrected chi connectivity index (χ3v) is 8.28. The van der Waals surface area contributed by atoms with Crippen LogP contribution in [0.3, 0.4) is 0 Å². The number of carbonyl (C=O) groups excluding carboxylic acids is 7. The van der Waals surface area contributed by atoms with Crippen molar-refractivity contribution in [1.29, 1.82) is 0 Å². The van der Waals surface area contributed by atoms with Crippen molar-refractivity contribution in [3.05, 3.63) is 0 Å². The summed E-state index contributed by atoms with van der Waals surface area (Å²) in [6, 6.07) is 1.04. The Kier molecular flexibility index (Phi) is 56.1. The molecule has 401 valence electrons. The number of nitrogens with one attached hydrogen (secondary N) is 4. The maximum absolute atomic E-state index is 11.8. The minimum Gasteiger partial charge on any atom is -0.793 e. The molecule has 4 heterocycles. The average Bonchev–Trinajstić information content (AvgIpc) is 3.28. The minimum absolute atomic E-state index is 0. The molecule has 25 heteroatoms. The third kappa shape index (κ3) is 57.5. The molecule has 0 bridgehead atoms. The summed E-state index contributed by atoms with van der Waals surface area (Å²) in [6.45, 7) is 23.3. The number of hydrogen-bond acceptors (Lipinski definition) is 21. The number of carbonyl (C=O) groups is 7. The first-order valence-corrected chi connectivity index (χ1v) is 22.5. The predicted molar refractivity (Wildman–Crippen MR) is 258 cm³/mol. The van der Waals surface area contributed by atoms with E-state index in [2.05, 4.69) is 43.7 Å². The first-order valence-electron chi connectivity index (χ1n) is 22.5. The fourth-order valence-corrected chi connectivity index (χ4v) is 5.24. The van der Waals surface area contributed by atoms with Gasteiger partial charge in [0.2, 0.25) is 5.97 Å². The Bertz CT molecular complexity index is 1280. The van der Waals surface area contributed by atoms with Gasteiger partial charge in [0, 0.05) is 125 Å². The van der Waals surface area contributed by atoms with Crippen molar-refractivity contribution >= 4 is 49.7 Å². The second-order valence-electron chi connectivity index (χ2n) is 16.7. The van der Waals surface area contributed by atoms with E-state index in [1.54, 1.807) is 9.80 Å². The number of amides is 2. The van der Waals surface area contributed by atoms with E-state index < -0.39 is 29.1 Å². The summed E-state index contributed by atoms with van der Waals surface area (Å²) in [7, 11) is 5.32. The number of aliphatic hydroxyl groups excluding tert-OH is 4. The molecule has 0 aliphatic carbocycles. The molecular weight excluding hydrogens is 916 g/mol. The quantitative estimate of drug-likeness (QED) is 0.0733. The summed E-state index contributed by atoms with van der Waals surface area (Å²) in [5, 5.41) is 44.9. The van der Waals surface area contributed by atoms with E-state index in [1.807, 2.05) is 41.5 Å². The molecule has 0 unspecified atom stereocenters. The Hall–Kier alpha value is -3.01. The number of nitrogens with zero attached hydrogens (tertiary/aromatic N) is 2. The number of rotatable bonds is 7. The molecule has 0 saturated carbocycles. The van der Waals surface area contributed by atoms with Gasteiger partial charge in [-0.1, -0.05) is 7.43 Å². The summed E-state index contributed by atoms with van der Waals surface area (Å²) < 4.78 is 14.1. The van der Waals surface area contributed by atoms with Gasteiger partial charge in [-0.3, -0.25) is 14.4 Å². The van der Waals surface area contributed by atoms with Gasteiger partial charge in [-0.05, 0) is 80.3 Å². The zero-order chi connectivity index (χ0) is 52.3. The molecule has 0 aromatic rings. The zero-order valence-electron chi connectivity index (χ0n) is 42.9. The molecule has 10 N–H and O–H groups in total. The van der Waals surface area contributed by atoms with E-state index in [9.17, 15) is 33.6 Å². The van der Waals surface area contributed by atoms with Crippen LogP contribution in [0.4, 0.5) is 9.59 Å². The minimum atomic E-state index is -0.639. The van der Waals surface area contributed by atoms with Crippen LogP contribution < -0.4 is 56.6 Å². The van der Waals surface area contributed by atoms with Crippen molar-refractivity contribution in [2.75, 3.05) is 98.9 Å². The molecule has 4 rings (SSSR count). The van der Waals surface area contributed by atoms with Crippen LogP contribution in [-0.4, -0.2) is 202 Å². The largest absolute Gasteiger partial charge is 1.00 e.